The van der Waals surface area contributed by atoms with E-state index in [-0.39, 0.29) is 0 Å². The summed E-state index contributed by atoms with van der Waals surface area (Å²) in [5.74, 6) is -1.13. The van der Waals surface area contributed by atoms with E-state index in [1.54, 1.807) is 13.0 Å². The van der Waals surface area contributed by atoms with Gasteiger partial charge in [-0.25, -0.2) is 4.79 Å². The minimum Gasteiger partial charge on any atom is -0.390 e. The molecule has 0 spiro atoms. The van der Waals surface area contributed by atoms with Crippen molar-refractivity contribution < 1.29 is 14.3 Å². The Bertz CT molecular complexity index is 192. The Kier molecular flexibility index (Phi) is 4.18. The topological polar surface area (TPSA) is 43.4 Å². The lowest BCUT2D eigenvalue weighted by Gasteiger charge is -1.97. The van der Waals surface area contributed by atoms with Gasteiger partial charge >= 0.3 is 11.9 Å². The molecule has 0 aliphatic heterocycles. The van der Waals surface area contributed by atoms with Gasteiger partial charge in [0.05, 0.1) is 0 Å². The Morgan fingerprint density at radius 1 is 1.36 bits per heavy atom. The van der Waals surface area contributed by atoms with Crippen molar-refractivity contribution in [2.24, 2.45) is 0 Å². The molecule has 0 amide bonds. The first kappa shape index (κ1) is 9.88. The van der Waals surface area contributed by atoms with Crippen molar-refractivity contribution >= 4 is 11.9 Å². The molecular weight excluding hydrogens is 144 g/mol. The summed E-state index contributed by atoms with van der Waals surface area (Å²) in [4.78, 5) is 21.1. The van der Waals surface area contributed by atoms with Crippen LogP contribution in [0.25, 0.3) is 0 Å². The molecule has 0 unspecified atom stereocenters. The Morgan fingerprint density at radius 3 is 2.27 bits per heavy atom. The summed E-state index contributed by atoms with van der Waals surface area (Å²) in [5, 5.41) is 0. The van der Waals surface area contributed by atoms with Gasteiger partial charge < -0.3 is 4.74 Å². The SMILES string of the molecule is CCC=C(C)C(=O)OC(C)=O. The van der Waals surface area contributed by atoms with Crippen LogP contribution in [0.4, 0.5) is 0 Å². The van der Waals surface area contributed by atoms with Gasteiger partial charge in [-0.15, -0.1) is 0 Å². The minimum atomic E-state index is -0.571. The van der Waals surface area contributed by atoms with Crippen LogP contribution in [0, 0.1) is 0 Å². The number of ether oxygens (including phenoxy) is 1. The highest BCUT2D eigenvalue weighted by Crippen LogP contribution is 1.98. The van der Waals surface area contributed by atoms with E-state index in [4.69, 9.17) is 0 Å². The smallest absolute Gasteiger partial charge is 0.341 e. The van der Waals surface area contributed by atoms with Crippen molar-refractivity contribution in [3.63, 3.8) is 0 Å². The lowest BCUT2D eigenvalue weighted by Crippen LogP contribution is -2.09. The molecule has 0 saturated heterocycles. The molecule has 0 N–H and O–H groups in total. The van der Waals surface area contributed by atoms with Crippen LogP contribution < -0.4 is 0 Å². The molecule has 0 saturated carbocycles. The van der Waals surface area contributed by atoms with Gasteiger partial charge in [0.15, 0.2) is 0 Å². The van der Waals surface area contributed by atoms with Gasteiger partial charge in [-0.1, -0.05) is 13.0 Å². The van der Waals surface area contributed by atoms with Gasteiger partial charge in [-0.2, -0.15) is 0 Å². The first-order valence-electron chi connectivity index (χ1n) is 3.47. The van der Waals surface area contributed by atoms with E-state index in [1.807, 2.05) is 6.92 Å². The Morgan fingerprint density at radius 2 is 1.91 bits per heavy atom. The normalized spacial score (nSPS) is 11.0. The molecule has 0 rings (SSSR count). The summed E-state index contributed by atoms with van der Waals surface area (Å²) < 4.78 is 4.32. The maximum atomic E-state index is 10.8. The van der Waals surface area contributed by atoms with E-state index in [1.165, 1.54) is 6.92 Å². The molecule has 0 aromatic rings. The molecule has 3 nitrogen and oxygen atoms in total. The lowest BCUT2D eigenvalue weighted by atomic mass is 10.2. The third-order valence-electron chi connectivity index (χ3n) is 1.07. The Labute approximate surface area is 66.0 Å². The van der Waals surface area contributed by atoms with E-state index in [0.29, 0.717) is 5.57 Å². The zero-order chi connectivity index (χ0) is 8.85. The molecule has 0 aliphatic carbocycles. The van der Waals surface area contributed by atoms with Crippen LogP contribution in [0.2, 0.25) is 0 Å². The summed E-state index contributed by atoms with van der Waals surface area (Å²) >= 11 is 0. The molecule has 0 bridgehead atoms. The van der Waals surface area contributed by atoms with Crippen molar-refractivity contribution in [1.29, 1.82) is 0 Å². The first-order valence-corrected chi connectivity index (χ1v) is 3.47. The van der Waals surface area contributed by atoms with Crippen LogP contribution in [0.3, 0.4) is 0 Å². The monoisotopic (exact) mass is 156 g/mol. The molecular formula is C8H12O3. The first-order chi connectivity index (χ1) is 5.07. The van der Waals surface area contributed by atoms with Gasteiger partial charge in [0.2, 0.25) is 0 Å². The molecule has 0 fully saturated rings. The molecule has 11 heavy (non-hydrogen) atoms. The summed E-state index contributed by atoms with van der Waals surface area (Å²) in [6, 6.07) is 0. The maximum Gasteiger partial charge on any atom is 0.341 e. The second-order valence-corrected chi connectivity index (χ2v) is 2.18. The Hall–Kier alpha value is -1.12. The molecule has 0 heterocycles. The molecule has 3 heteroatoms. The van der Waals surface area contributed by atoms with Gasteiger partial charge in [-0.3, -0.25) is 4.79 Å². The number of carbonyl (C=O) groups is 2. The summed E-state index contributed by atoms with van der Waals surface area (Å²) in [6.45, 7) is 4.73. The number of rotatable bonds is 2. The van der Waals surface area contributed by atoms with Crippen molar-refractivity contribution in [3.8, 4) is 0 Å². The number of esters is 2. The predicted octanol–water partition coefficient (Wildman–Crippen LogP) is 1.43. The third kappa shape index (κ3) is 4.31. The minimum absolute atomic E-state index is 0.475. The van der Waals surface area contributed by atoms with Crippen molar-refractivity contribution in [2.75, 3.05) is 0 Å². The van der Waals surface area contributed by atoms with Gasteiger partial charge in [0.25, 0.3) is 0 Å². The molecule has 62 valence electrons. The van der Waals surface area contributed by atoms with Crippen molar-refractivity contribution in [3.05, 3.63) is 11.6 Å². The molecule has 0 aromatic carbocycles. The van der Waals surface area contributed by atoms with E-state index in [9.17, 15) is 9.59 Å². The molecule has 0 radical (unpaired) electrons. The number of hydrogen-bond acceptors (Lipinski definition) is 3. The van der Waals surface area contributed by atoms with E-state index < -0.39 is 11.9 Å². The van der Waals surface area contributed by atoms with Crippen LogP contribution in [-0.4, -0.2) is 11.9 Å². The van der Waals surface area contributed by atoms with E-state index in [2.05, 4.69) is 4.74 Å². The zero-order valence-corrected chi connectivity index (χ0v) is 7.01. The summed E-state index contributed by atoms with van der Waals surface area (Å²) in [5.41, 5.74) is 0.475. The number of allylic oxidation sites excluding steroid dienone is 1. The van der Waals surface area contributed by atoms with Crippen LogP contribution in [0.15, 0.2) is 11.6 Å². The van der Waals surface area contributed by atoms with Gasteiger partial charge in [0, 0.05) is 12.5 Å². The van der Waals surface area contributed by atoms with Crippen LogP contribution in [0.1, 0.15) is 27.2 Å². The largest absolute Gasteiger partial charge is 0.390 e. The van der Waals surface area contributed by atoms with Crippen molar-refractivity contribution in [2.45, 2.75) is 27.2 Å². The predicted molar refractivity (Wildman–Crippen MR) is 40.8 cm³/mol. The molecule has 0 aliphatic rings. The lowest BCUT2D eigenvalue weighted by molar-refractivity contribution is -0.155. The second-order valence-electron chi connectivity index (χ2n) is 2.18. The second kappa shape index (κ2) is 4.66. The fourth-order valence-electron chi connectivity index (χ4n) is 0.601. The zero-order valence-electron chi connectivity index (χ0n) is 7.01. The summed E-state index contributed by atoms with van der Waals surface area (Å²) in [6.07, 6.45) is 2.48. The standard InChI is InChI=1S/C8H12O3/c1-4-5-6(2)8(10)11-7(3)9/h5H,4H2,1-3H3. The average molecular weight is 156 g/mol. The number of carbonyl (C=O) groups excluding carboxylic acids is 2. The highest BCUT2D eigenvalue weighted by molar-refractivity contribution is 5.95. The average Bonchev–Trinajstić information content (AvgIpc) is 1.86. The number of hydrogen-bond donors (Lipinski definition) is 0. The fraction of sp³-hybridized carbons (Fsp3) is 0.500. The maximum absolute atomic E-state index is 10.8. The Balaban J connectivity index is 4.03. The molecule has 0 atom stereocenters. The van der Waals surface area contributed by atoms with E-state index in [0.717, 1.165) is 6.42 Å². The molecule has 0 aromatic heterocycles. The van der Waals surface area contributed by atoms with Crippen LogP contribution in [0.5, 0.6) is 0 Å². The van der Waals surface area contributed by atoms with Gasteiger partial charge in [0.1, 0.15) is 0 Å². The van der Waals surface area contributed by atoms with Crippen molar-refractivity contribution in [1.82, 2.24) is 0 Å². The third-order valence-corrected chi connectivity index (χ3v) is 1.07. The fourth-order valence-corrected chi connectivity index (χ4v) is 0.601. The van der Waals surface area contributed by atoms with Crippen LogP contribution in [-0.2, 0) is 14.3 Å². The van der Waals surface area contributed by atoms with Crippen LogP contribution >= 0.6 is 0 Å². The van der Waals surface area contributed by atoms with Gasteiger partial charge in [-0.05, 0) is 13.3 Å². The van der Waals surface area contributed by atoms with E-state index >= 15 is 0 Å². The highest BCUT2D eigenvalue weighted by atomic mass is 16.6. The summed E-state index contributed by atoms with van der Waals surface area (Å²) in [7, 11) is 0. The highest BCUT2D eigenvalue weighted by Gasteiger charge is 2.06. The quantitative estimate of drug-likeness (QED) is 0.345.